The van der Waals surface area contributed by atoms with Crippen molar-refractivity contribution < 1.29 is 4.79 Å². The number of benzene rings is 2. The van der Waals surface area contributed by atoms with Gasteiger partial charge in [-0.15, -0.1) is 11.8 Å². The van der Waals surface area contributed by atoms with Crippen LogP contribution in [0.5, 0.6) is 0 Å². The molecule has 0 radical (unpaired) electrons. The van der Waals surface area contributed by atoms with E-state index >= 15 is 0 Å². The highest BCUT2D eigenvalue weighted by Crippen LogP contribution is 2.16. The van der Waals surface area contributed by atoms with Crippen molar-refractivity contribution in [2.45, 2.75) is 18.3 Å². The Bertz CT molecular complexity index is 763. The molecule has 0 spiro atoms. The van der Waals surface area contributed by atoms with Crippen LogP contribution in [0.2, 0.25) is 0 Å². The van der Waals surface area contributed by atoms with Crippen LogP contribution in [-0.4, -0.2) is 26.7 Å². The Kier molecular flexibility index (Phi) is 6.23. The molecule has 25 heavy (non-hydrogen) atoms. The minimum atomic E-state index is -0.154. The molecule has 1 N–H and O–H groups in total. The maximum absolute atomic E-state index is 12.4. The molecule has 2 aromatic carbocycles. The molecule has 1 atom stereocenters. The normalized spacial score (nSPS) is 11.8. The maximum atomic E-state index is 12.4. The molecular weight excluding hydrogens is 332 g/mol. The van der Waals surface area contributed by atoms with Crippen molar-refractivity contribution in [3.05, 3.63) is 84.2 Å². The average Bonchev–Trinajstić information content (AvgIpc) is 3.16. The third-order valence-corrected chi connectivity index (χ3v) is 4.70. The van der Waals surface area contributed by atoms with Crippen LogP contribution in [0.25, 0.3) is 0 Å². The molecule has 0 aliphatic carbocycles. The van der Waals surface area contributed by atoms with Gasteiger partial charge in [-0.1, -0.05) is 60.7 Å². The van der Waals surface area contributed by atoms with E-state index in [-0.39, 0.29) is 11.9 Å². The molecule has 0 unspecified atom stereocenters. The predicted octanol–water partition coefficient (Wildman–Crippen LogP) is 3.07. The van der Waals surface area contributed by atoms with Crippen molar-refractivity contribution >= 4 is 17.7 Å². The lowest BCUT2D eigenvalue weighted by Crippen LogP contribution is -2.33. The first-order valence-electron chi connectivity index (χ1n) is 8.11. The smallest absolute Gasteiger partial charge is 0.230 e. The molecule has 6 heteroatoms. The van der Waals surface area contributed by atoms with Gasteiger partial charge >= 0.3 is 0 Å². The summed E-state index contributed by atoms with van der Waals surface area (Å²) in [6.07, 6.45) is 3.28. The Labute approximate surface area is 151 Å². The maximum Gasteiger partial charge on any atom is 0.230 e. The van der Waals surface area contributed by atoms with E-state index in [1.54, 1.807) is 29.0 Å². The largest absolute Gasteiger partial charge is 0.347 e. The summed E-state index contributed by atoms with van der Waals surface area (Å²) in [5.74, 6) is 1.26. The summed E-state index contributed by atoms with van der Waals surface area (Å²) in [7, 11) is 0. The van der Waals surface area contributed by atoms with E-state index < -0.39 is 0 Å². The lowest BCUT2D eigenvalue weighted by molar-refractivity contribution is -0.119. The van der Waals surface area contributed by atoms with Crippen LogP contribution in [0.4, 0.5) is 0 Å². The summed E-state index contributed by atoms with van der Waals surface area (Å²) in [6.45, 7) is 0.506. The molecule has 5 nitrogen and oxygen atoms in total. The van der Waals surface area contributed by atoms with Crippen molar-refractivity contribution in [1.29, 1.82) is 0 Å². The van der Waals surface area contributed by atoms with Gasteiger partial charge in [-0.3, -0.25) is 4.79 Å². The molecule has 1 heterocycles. The fourth-order valence-corrected chi connectivity index (χ4v) is 3.29. The van der Waals surface area contributed by atoms with E-state index in [2.05, 4.69) is 27.6 Å². The number of nitrogens with one attached hydrogen (secondary N) is 1. The molecule has 0 aliphatic rings. The number of hydrogen-bond acceptors (Lipinski definition) is 4. The summed E-state index contributed by atoms with van der Waals surface area (Å²) >= 11 is 1.61. The van der Waals surface area contributed by atoms with Crippen LogP contribution in [-0.2, 0) is 17.1 Å². The molecule has 128 valence electrons. The Morgan fingerprint density at radius 1 is 1.00 bits per heavy atom. The van der Waals surface area contributed by atoms with Crippen LogP contribution >= 0.6 is 11.8 Å². The van der Waals surface area contributed by atoms with Gasteiger partial charge in [0.05, 0.1) is 30.7 Å². The van der Waals surface area contributed by atoms with Gasteiger partial charge in [-0.05, 0) is 11.1 Å². The number of carbonyl (C=O) groups is 1. The summed E-state index contributed by atoms with van der Waals surface area (Å²) in [6, 6.07) is 19.9. The highest BCUT2D eigenvalue weighted by molar-refractivity contribution is 7.99. The van der Waals surface area contributed by atoms with Gasteiger partial charge in [0.15, 0.2) is 0 Å². The van der Waals surface area contributed by atoms with Crippen LogP contribution in [0.15, 0.2) is 73.1 Å². The lowest BCUT2D eigenvalue weighted by atomic mass is 10.1. The quantitative estimate of drug-likeness (QED) is 0.677. The van der Waals surface area contributed by atoms with E-state index in [1.165, 1.54) is 5.56 Å². The Morgan fingerprint density at radius 2 is 1.64 bits per heavy atom. The van der Waals surface area contributed by atoms with Crippen molar-refractivity contribution in [3.63, 3.8) is 0 Å². The Morgan fingerprint density at radius 3 is 2.32 bits per heavy atom. The van der Waals surface area contributed by atoms with Crippen LogP contribution in [0.3, 0.4) is 0 Å². The first-order valence-corrected chi connectivity index (χ1v) is 9.27. The molecule has 0 saturated carbocycles. The van der Waals surface area contributed by atoms with E-state index in [1.807, 2.05) is 48.5 Å². The summed E-state index contributed by atoms with van der Waals surface area (Å²) < 4.78 is 0. The first kappa shape index (κ1) is 17.2. The van der Waals surface area contributed by atoms with Crippen molar-refractivity contribution in [1.82, 2.24) is 20.3 Å². The van der Waals surface area contributed by atoms with Crippen molar-refractivity contribution in [3.8, 4) is 0 Å². The number of carbonyl (C=O) groups excluding carboxylic acids is 1. The fourth-order valence-electron chi connectivity index (χ4n) is 2.49. The highest BCUT2D eigenvalue weighted by atomic mass is 32.2. The van der Waals surface area contributed by atoms with Crippen LogP contribution in [0.1, 0.15) is 17.2 Å². The fraction of sp³-hybridized carbons (Fsp3) is 0.211. The predicted molar refractivity (Wildman–Crippen MR) is 100.0 cm³/mol. The minimum absolute atomic E-state index is 0.0157. The third-order valence-electron chi connectivity index (χ3n) is 3.69. The third kappa shape index (κ3) is 5.46. The Balaban J connectivity index is 1.56. The minimum Gasteiger partial charge on any atom is -0.347 e. The van der Waals surface area contributed by atoms with Gasteiger partial charge < -0.3 is 5.32 Å². The zero-order valence-electron chi connectivity index (χ0n) is 13.8. The van der Waals surface area contributed by atoms with Crippen molar-refractivity contribution in [2.24, 2.45) is 0 Å². The van der Waals surface area contributed by atoms with Gasteiger partial charge in [0.25, 0.3) is 0 Å². The molecule has 1 amide bonds. The van der Waals surface area contributed by atoms with Gasteiger partial charge in [0.1, 0.15) is 0 Å². The number of aromatic nitrogens is 3. The van der Waals surface area contributed by atoms with Gasteiger partial charge in [0, 0.05) is 5.75 Å². The standard InChI is InChI=1S/C19H20N4OS/c24-19(15-25-14-16-7-3-1-4-8-16)22-18(13-23-20-11-12-21-23)17-9-5-2-6-10-17/h1-12,18H,13-15H2,(H,22,24)/t18-/m0/s1. The molecule has 3 rings (SSSR count). The van der Waals surface area contributed by atoms with E-state index in [4.69, 9.17) is 0 Å². The van der Waals surface area contributed by atoms with E-state index in [0.29, 0.717) is 12.3 Å². The van der Waals surface area contributed by atoms with Gasteiger partial charge in [-0.2, -0.15) is 15.0 Å². The molecule has 0 aliphatic heterocycles. The number of hydrogen-bond donors (Lipinski definition) is 1. The number of thioether (sulfide) groups is 1. The molecule has 0 saturated heterocycles. The molecule has 3 aromatic rings. The number of amides is 1. The van der Waals surface area contributed by atoms with Gasteiger partial charge in [0.2, 0.25) is 5.91 Å². The second-order valence-corrected chi connectivity index (χ2v) is 6.58. The Hall–Kier alpha value is -2.60. The SMILES string of the molecule is O=C(CSCc1ccccc1)N[C@@H](Cn1nccn1)c1ccccc1. The summed E-state index contributed by atoms with van der Waals surface area (Å²) in [5.41, 5.74) is 2.27. The molecule has 0 bridgehead atoms. The van der Waals surface area contributed by atoms with E-state index in [9.17, 15) is 4.79 Å². The van der Waals surface area contributed by atoms with Crippen molar-refractivity contribution in [2.75, 3.05) is 5.75 Å². The molecule has 0 fully saturated rings. The van der Waals surface area contributed by atoms with Gasteiger partial charge in [-0.25, -0.2) is 0 Å². The second kappa shape index (κ2) is 9.03. The van der Waals surface area contributed by atoms with Crippen LogP contribution < -0.4 is 5.32 Å². The summed E-state index contributed by atoms with van der Waals surface area (Å²) in [5, 5.41) is 11.4. The number of rotatable bonds is 8. The first-order chi connectivity index (χ1) is 12.3. The molecular formula is C19H20N4OS. The lowest BCUT2D eigenvalue weighted by Gasteiger charge is -2.18. The topological polar surface area (TPSA) is 59.8 Å². The second-order valence-electron chi connectivity index (χ2n) is 5.59. The monoisotopic (exact) mass is 352 g/mol. The zero-order chi connectivity index (χ0) is 17.3. The summed E-state index contributed by atoms with van der Waals surface area (Å²) in [4.78, 5) is 14.0. The highest BCUT2D eigenvalue weighted by Gasteiger charge is 2.16. The zero-order valence-corrected chi connectivity index (χ0v) is 14.6. The van der Waals surface area contributed by atoms with E-state index in [0.717, 1.165) is 11.3 Å². The molecule has 1 aromatic heterocycles. The average molecular weight is 352 g/mol. The van der Waals surface area contributed by atoms with Crippen LogP contribution in [0, 0.1) is 0 Å². The number of nitrogens with zero attached hydrogens (tertiary/aromatic N) is 3.